The maximum Gasteiger partial charge on any atom is 0.214 e. The van der Waals surface area contributed by atoms with Gasteiger partial charge in [0.25, 0.3) is 0 Å². The van der Waals surface area contributed by atoms with E-state index in [2.05, 4.69) is 56.1 Å². The molecule has 4 aromatic rings. The first kappa shape index (κ1) is 22.6. The number of anilines is 3. The molecule has 0 radical (unpaired) electrons. The summed E-state index contributed by atoms with van der Waals surface area (Å²) in [7, 11) is 0. The third-order valence-corrected chi connectivity index (χ3v) is 8.68. The molecule has 11 nitrogen and oxygen atoms in total. The fourth-order valence-corrected chi connectivity index (χ4v) is 6.23. The quantitative estimate of drug-likeness (QED) is 0.430. The predicted molar refractivity (Wildman–Crippen MR) is 139 cm³/mol. The molecule has 6 heterocycles. The summed E-state index contributed by atoms with van der Waals surface area (Å²) in [6.45, 7) is 7.72. The Kier molecular flexibility index (Phi) is 5.19. The fraction of sp³-hybridized carbons (Fsp3) is 0.500. The monoisotopic (exact) mass is 501 g/mol. The van der Waals surface area contributed by atoms with Crippen molar-refractivity contribution in [3.63, 3.8) is 0 Å². The zero-order chi connectivity index (χ0) is 25.1. The van der Waals surface area contributed by atoms with Crippen LogP contribution in [0, 0.1) is 5.41 Å². The van der Waals surface area contributed by atoms with Crippen molar-refractivity contribution in [1.82, 2.24) is 30.3 Å². The van der Waals surface area contributed by atoms with Crippen LogP contribution in [0.4, 0.5) is 17.3 Å². The zero-order valence-electron chi connectivity index (χ0n) is 21.1. The van der Waals surface area contributed by atoms with Crippen molar-refractivity contribution < 1.29 is 9.26 Å². The van der Waals surface area contributed by atoms with E-state index >= 15 is 0 Å². The number of nitrogens with one attached hydrogen (secondary N) is 1. The molecule has 0 amide bonds. The standard InChI is InChI=1S/C26H31N9O2/c1-15-5-8-35(19-4-3-17(11-18(15)19)23-29-14-37-33-23)25-21-24(31-32-25)30-20(12-28-21)34-9-6-26(7-10-34)13-36-16(2)22(26)27/h3-4,11-12,14-16,22H,5-10,13,27H2,1-2H3,(H,30,31,32). The molecule has 3 unspecified atom stereocenters. The molecule has 2 fully saturated rings. The maximum atomic E-state index is 6.50. The van der Waals surface area contributed by atoms with E-state index < -0.39 is 0 Å². The normalized spacial score (nSPS) is 25.2. The van der Waals surface area contributed by atoms with Crippen LogP contribution in [0.2, 0.25) is 0 Å². The second-order valence-electron chi connectivity index (χ2n) is 10.7. The number of fused-ring (bicyclic) bond motifs is 2. The van der Waals surface area contributed by atoms with Crippen LogP contribution in [-0.2, 0) is 4.74 Å². The molecule has 3 atom stereocenters. The van der Waals surface area contributed by atoms with Gasteiger partial charge in [-0.25, -0.2) is 9.97 Å². The van der Waals surface area contributed by atoms with Crippen LogP contribution in [0.1, 0.15) is 44.6 Å². The van der Waals surface area contributed by atoms with Crippen LogP contribution in [0.25, 0.3) is 22.6 Å². The minimum absolute atomic E-state index is 0.0804. The van der Waals surface area contributed by atoms with Crippen molar-refractivity contribution in [2.75, 3.05) is 36.0 Å². The van der Waals surface area contributed by atoms with Gasteiger partial charge in [-0.1, -0.05) is 12.1 Å². The van der Waals surface area contributed by atoms with Gasteiger partial charge in [0, 0.05) is 42.3 Å². The van der Waals surface area contributed by atoms with E-state index in [0.717, 1.165) is 73.9 Å². The van der Waals surface area contributed by atoms with Crippen LogP contribution in [-0.4, -0.2) is 68.7 Å². The minimum Gasteiger partial charge on any atom is -0.376 e. The first-order valence-electron chi connectivity index (χ1n) is 13.0. The Balaban J connectivity index is 1.15. The Bertz CT molecular complexity index is 1430. The molecule has 0 saturated carbocycles. The number of hydrogen-bond donors (Lipinski definition) is 2. The number of H-pyrrole nitrogens is 1. The molecule has 1 spiro atoms. The molecule has 37 heavy (non-hydrogen) atoms. The summed E-state index contributed by atoms with van der Waals surface area (Å²) >= 11 is 0. The van der Waals surface area contributed by atoms with Crippen molar-refractivity contribution in [2.24, 2.45) is 11.1 Å². The molecule has 0 aliphatic carbocycles. The first-order valence-corrected chi connectivity index (χ1v) is 13.0. The Morgan fingerprint density at radius 2 is 2.00 bits per heavy atom. The topological polar surface area (TPSA) is 135 Å². The van der Waals surface area contributed by atoms with Gasteiger partial charge in [-0.3, -0.25) is 5.10 Å². The highest BCUT2D eigenvalue weighted by Crippen LogP contribution is 2.43. The molecule has 1 aromatic carbocycles. The number of benzene rings is 1. The summed E-state index contributed by atoms with van der Waals surface area (Å²) in [4.78, 5) is 18.5. The van der Waals surface area contributed by atoms with Gasteiger partial charge < -0.3 is 24.8 Å². The highest BCUT2D eigenvalue weighted by Gasteiger charge is 2.47. The molecular weight excluding hydrogens is 470 g/mol. The maximum absolute atomic E-state index is 6.50. The number of ether oxygens (including phenoxy) is 1. The lowest BCUT2D eigenvalue weighted by Crippen LogP contribution is -2.50. The fourth-order valence-electron chi connectivity index (χ4n) is 6.23. The predicted octanol–water partition coefficient (Wildman–Crippen LogP) is 3.38. The Labute approximate surface area is 214 Å². The smallest absolute Gasteiger partial charge is 0.214 e. The van der Waals surface area contributed by atoms with Gasteiger partial charge in [0.2, 0.25) is 12.2 Å². The Hall–Kier alpha value is -3.57. The average Bonchev–Trinajstić information content (AvgIpc) is 3.67. The van der Waals surface area contributed by atoms with Crippen molar-refractivity contribution in [2.45, 2.75) is 51.2 Å². The third-order valence-electron chi connectivity index (χ3n) is 8.68. The second-order valence-corrected chi connectivity index (χ2v) is 10.7. The zero-order valence-corrected chi connectivity index (χ0v) is 21.1. The number of rotatable bonds is 3. The molecule has 192 valence electrons. The van der Waals surface area contributed by atoms with Crippen LogP contribution < -0.4 is 15.5 Å². The van der Waals surface area contributed by atoms with Gasteiger partial charge in [-0.05, 0) is 55.9 Å². The summed E-state index contributed by atoms with van der Waals surface area (Å²) in [5, 5.41) is 11.8. The van der Waals surface area contributed by atoms with Gasteiger partial charge in [0.05, 0.1) is 18.9 Å². The van der Waals surface area contributed by atoms with Crippen LogP contribution >= 0.6 is 0 Å². The van der Waals surface area contributed by atoms with Gasteiger partial charge in [0.15, 0.2) is 17.0 Å². The molecular formula is C26H31N9O2. The lowest BCUT2D eigenvalue weighted by molar-refractivity contribution is 0.0974. The summed E-state index contributed by atoms with van der Waals surface area (Å²) in [5.74, 6) is 2.67. The molecule has 3 N–H and O–H groups in total. The van der Waals surface area contributed by atoms with Crippen molar-refractivity contribution in [3.8, 4) is 11.4 Å². The number of hydrogen-bond acceptors (Lipinski definition) is 10. The number of nitrogens with two attached hydrogens (primary N) is 1. The van der Waals surface area contributed by atoms with E-state index in [9.17, 15) is 0 Å². The molecule has 3 aliphatic rings. The lowest BCUT2D eigenvalue weighted by atomic mass is 9.73. The average molecular weight is 502 g/mol. The second kappa shape index (κ2) is 8.49. The summed E-state index contributed by atoms with van der Waals surface area (Å²) in [6.07, 6.45) is 6.36. The largest absolute Gasteiger partial charge is 0.376 e. The van der Waals surface area contributed by atoms with Crippen molar-refractivity contribution in [3.05, 3.63) is 36.4 Å². The van der Waals surface area contributed by atoms with E-state index in [1.165, 1.54) is 12.0 Å². The van der Waals surface area contributed by atoms with Crippen molar-refractivity contribution >= 4 is 28.5 Å². The molecule has 3 aliphatic heterocycles. The van der Waals surface area contributed by atoms with Crippen LogP contribution in [0.15, 0.2) is 35.3 Å². The number of aromatic amines is 1. The Morgan fingerprint density at radius 3 is 2.76 bits per heavy atom. The van der Waals surface area contributed by atoms with Crippen LogP contribution in [0.5, 0.6) is 0 Å². The summed E-state index contributed by atoms with van der Waals surface area (Å²) < 4.78 is 10.8. The van der Waals surface area contributed by atoms with Gasteiger partial charge in [0.1, 0.15) is 5.82 Å². The summed E-state index contributed by atoms with van der Waals surface area (Å²) in [6, 6.07) is 6.39. The molecule has 2 saturated heterocycles. The van der Waals surface area contributed by atoms with E-state index in [4.69, 9.17) is 25.0 Å². The lowest BCUT2D eigenvalue weighted by Gasteiger charge is -2.41. The molecule has 7 rings (SSSR count). The summed E-state index contributed by atoms with van der Waals surface area (Å²) in [5.41, 5.74) is 11.4. The van der Waals surface area contributed by atoms with Gasteiger partial charge >= 0.3 is 0 Å². The van der Waals surface area contributed by atoms with Crippen molar-refractivity contribution in [1.29, 1.82) is 0 Å². The van der Waals surface area contributed by atoms with Crippen LogP contribution in [0.3, 0.4) is 0 Å². The van der Waals surface area contributed by atoms with E-state index in [1.807, 2.05) is 12.3 Å². The first-order chi connectivity index (χ1) is 18.0. The van der Waals surface area contributed by atoms with E-state index in [0.29, 0.717) is 17.4 Å². The highest BCUT2D eigenvalue weighted by molar-refractivity contribution is 5.88. The van der Waals surface area contributed by atoms with Gasteiger partial charge in [-0.15, -0.1) is 0 Å². The number of aromatic nitrogens is 6. The molecule has 3 aromatic heterocycles. The minimum atomic E-state index is 0.0804. The highest BCUT2D eigenvalue weighted by atomic mass is 16.5. The molecule has 11 heteroatoms. The number of piperidine rings is 1. The third kappa shape index (κ3) is 3.59. The Morgan fingerprint density at radius 1 is 1.14 bits per heavy atom. The van der Waals surface area contributed by atoms with E-state index in [1.54, 1.807) is 0 Å². The number of nitrogens with zero attached hydrogens (tertiary/aromatic N) is 7. The molecule has 0 bridgehead atoms. The SMILES string of the molecule is CC1CCN(c2n[nH]c3nc(N4CCC5(CC4)COC(C)C5N)cnc23)c2ccc(-c3ncon3)cc21. The van der Waals surface area contributed by atoms with E-state index in [-0.39, 0.29) is 17.6 Å². The van der Waals surface area contributed by atoms with Gasteiger partial charge in [-0.2, -0.15) is 10.1 Å².